The molecule has 1 saturated heterocycles. The predicted octanol–water partition coefficient (Wildman–Crippen LogP) is 0.00180. The minimum absolute atomic E-state index is 0.0543. The van der Waals surface area contributed by atoms with Gasteiger partial charge in [0.1, 0.15) is 24.6 Å². The third-order valence-corrected chi connectivity index (χ3v) is 4.76. The van der Waals surface area contributed by atoms with E-state index in [2.05, 4.69) is 15.3 Å². The van der Waals surface area contributed by atoms with Gasteiger partial charge in [-0.3, -0.25) is 14.6 Å². The van der Waals surface area contributed by atoms with Crippen LogP contribution in [0.15, 0.2) is 42.9 Å². The zero-order valence-corrected chi connectivity index (χ0v) is 16.1. The van der Waals surface area contributed by atoms with Gasteiger partial charge >= 0.3 is 0 Å². The first-order chi connectivity index (χ1) is 14.1. The van der Waals surface area contributed by atoms with Gasteiger partial charge in [0.2, 0.25) is 5.91 Å². The van der Waals surface area contributed by atoms with Crippen LogP contribution < -0.4 is 10.2 Å². The smallest absolute Gasteiger partial charge is 0.274 e. The van der Waals surface area contributed by atoms with E-state index in [0.717, 1.165) is 19.6 Å². The van der Waals surface area contributed by atoms with Crippen molar-refractivity contribution in [2.75, 3.05) is 51.3 Å². The number of rotatable bonds is 8. The SMILES string of the molecule is O=C(CCN(CC[NH+]1CCOCC1)C(=O)c1cnccn1)Nc1ccccc1F. The van der Waals surface area contributed by atoms with Crippen molar-refractivity contribution in [2.24, 2.45) is 0 Å². The van der Waals surface area contributed by atoms with Crippen LogP contribution in [0.2, 0.25) is 0 Å². The largest absolute Gasteiger partial charge is 0.370 e. The minimum atomic E-state index is -0.496. The number of amides is 2. The zero-order chi connectivity index (χ0) is 20.5. The zero-order valence-electron chi connectivity index (χ0n) is 16.1. The lowest BCUT2D eigenvalue weighted by atomic mass is 10.2. The maximum absolute atomic E-state index is 13.7. The van der Waals surface area contributed by atoms with Crippen LogP contribution in [0, 0.1) is 5.82 Å². The van der Waals surface area contributed by atoms with Crippen LogP contribution in [-0.2, 0) is 9.53 Å². The molecule has 0 bridgehead atoms. The summed E-state index contributed by atoms with van der Waals surface area (Å²) in [6.45, 7) is 4.64. The van der Waals surface area contributed by atoms with E-state index in [1.165, 1.54) is 35.6 Å². The average molecular weight is 402 g/mol. The number of nitrogens with zero attached hydrogens (tertiary/aromatic N) is 3. The minimum Gasteiger partial charge on any atom is -0.370 e. The van der Waals surface area contributed by atoms with Crippen molar-refractivity contribution in [1.82, 2.24) is 14.9 Å². The van der Waals surface area contributed by atoms with E-state index in [0.29, 0.717) is 19.8 Å². The van der Waals surface area contributed by atoms with Crippen LogP contribution in [0.25, 0.3) is 0 Å². The molecule has 1 aliphatic rings. The summed E-state index contributed by atoms with van der Waals surface area (Å²) in [4.78, 5) is 36.1. The normalized spacial score (nSPS) is 14.4. The Bertz CT molecular complexity index is 815. The Balaban J connectivity index is 1.60. The fourth-order valence-corrected chi connectivity index (χ4v) is 3.10. The number of ether oxygens (including phenoxy) is 1. The number of hydrogen-bond donors (Lipinski definition) is 2. The average Bonchev–Trinajstić information content (AvgIpc) is 2.76. The van der Waals surface area contributed by atoms with Crippen LogP contribution in [0.4, 0.5) is 10.1 Å². The second-order valence-corrected chi connectivity index (χ2v) is 6.77. The fraction of sp³-hybridized carbons (Fsp3) is 0.400. The summed E-state index contributed by atoms with van der Waals surface area (Å²) < 4.78 is 19.1. The molecular formula is C20H25FN5O3+. The van der Waals surface area contributed by atoms with Gasteiger partial charge in [-0.2, -0.15) is 0 Å². The summed E-state index contributed by atoms with van der Waals surface area (Å²) >= 11 is 0. The molecule has 2 aromatic rings. The number of aromatic nitrogens is 2. The number of quaternary nitrogens is 1. The highest BCUT2D eigenvalue weighted by atomic mass is 19.1. The summed E-state index contributed by atoms with van der Waals surface area (Å²) in [6.07, 6.45) is 4.43. The molecule has 2 amide bonds. The van der Waals surface area contributed by atoms with E-state index in [4.69, 9.17) is 4.74 Å². The van der Waals surface area contributed by atoms with E-state index < -0.39 is 5.82 Å². The molecule has 0 radical (unpaired) electrons. The van der Waals surface area contributed by atoms with Gasteiger partial charge < -0.3 is 19.9 Å². The number of para-hydroxylation sites is 1. The molecule has 1 aromatic carbocycles. The number of benzene rings is 1. The molecule has 29 heavy (non-hydrogen) atoms. The van der Waals surface area contributed by atoms with Crippen LogP contribution in [-0.4, -0.2) is 72.6 Å². The maximum Gasteiger partial charge on any atom is 0.274 e. The van der Waals surface area contributed by atoms with Crippen molar-refractivity contribution in [3.05, 3.63) is 54.4 Å². The number of carbonyl (C=O) groups is 2. The van der Waals surface area contributed by atoms with Crippen molar-refractivity contribution in [3.8, 4) is 0 Å². The van der Waals surface area contributed by atoms with E-state index in [9.17, 15) is 14.0 Å². The molecular weight excluding hydrogens is 377 g/mol. The number of halogens is 1. The number of morpholine rings is 1. The van der Waals surface area contributed by atoms with E-state index in [1.54, 1.807) is 17.0 Å². The molecule has 0 unspecified atom stereocenters. The topological polar surface area (TPSA) is 88.9 Å². The summed E-state index contributed by atoms with van der Waals surface area (Å²) in [7, 11) is 0. The second-order valence-electron chi connectivity index (χ2n) is 6.77. The Morgan fingerprint density at radius 2 is 1.97 bits per heavy atom. The number of hydrogen-bond acceptors (Lipinski definition) is 5. The van der Waals surface area contributed by atoms with Gasteiger partial charge in [0, 0.05) is 25.4 Å². The number of nitrogens with one attached hydrogen (secondary N) is 2. The third kappa shape index (κ3) is 6.30. The molecule has 2 N–H and O–H groups in total. The van der Waals surface area contributed by atoms with E-state index in [1.807, 2.05) is 0 Å². The van der Waals surface area contributed by atoms with Crippen molar-refractivity contribution in [3.63, 3.8) is 0 Å². The lowest BCUT2D eigenvalue weighted by molar-refractivity contribution is -0.907. The molecule has 2 heterocycles. The summed E-state index contributed by atoms with van der Waals surface area (Å²) in [5.41, 5.74) is 0.362. The van der Waals surface area contributed by atoms with E-state index >= 15 is 0 Å². The van der Waals surface area contributed by atoms with Crippen molar-refractivity contribution in [1.29, 1.82) is 0 Å². The molecule has 154 valence electrons. The molecule has 0 aliphatic carbocycles. The highest BCUT2D eigenvalue weighted by Crippen LogP contribution is 2.12. The van der Waals surface area contributed by atoms with Crippen molar-refractivity contribution in [2.45, 2.75) is 6.42 Å². The summed E-state index contributed by atoms with van der Waals surface area (Å²) in [5, 5.41) is 2.55. The Hall–Kier alpha value is -2.91. The quantitative estimate of drug-likeness (QED) is 0.649. The summed E-state index contributed by atoms with van der Waals surface area (Å²) in [5.74, 6) is -1.13. The Morgan fingerprint density at radius 1 is 1.17 bits per heavy atom. The molecule has 0 spiro atoms. The molecule has 1 aromatic heterocycles. The predicted molar refractivity (Wildman–Crippen MR) is 104 cm³/mol. The summed E-state index contributed by atoms with van der Waals surface area (Å²) in [6, 6.07) is 5.98. The van der Waals surface area contributed by atoms with Gasteiger partial charge in [-0.15, -0.1) is 0 Å². The molecule has 1 fully saturated rings. The standard InChI is InChI=1S/C20H24FN5O3/c21-16-3-1-2-4-17(16)24-19(27)5-8-26(10-9-25-11-13-29-14-12-25)20(28)18-15-22-6-7-23-18/h1-4,6-7,15H,5,8-14H2,(H,24,27)/p+1. The Morgan fingerprint density at radius 3 is 2.69 bits per heavy atom. The van der Waals surface area contributed by atoms with Crippen molar-refractivity contribution >= 4 is 17.5 Å². The van der Waals surface area contributed by atoms with Gasteiger partial charge in [-0.1, -0.05) is 12.1 Å². The first kappa shape index (κ1) is 20.8. The molecule has 3 rings (SSSR count). The molecule has 8 nitrogen and oxygen atoms in total. The lowest BCUT2D eigenvalue weighted by Crippen LogP contribution is -3.14. The molecule has 9 heteroatoms. The van der Waals surface area contributed by atoms with Crippen LogP contribution >= 0.6 is 0 Å². The van der Waals surface area contributed by atoms with Gasteiger partial charge in [0.05, 0.1) is 38.2 Å². The van der Waals surface area contributed by atoms with Crippen LogP contribution in [0.5, 0.6) is 0 Å². The number of anilines is 1. The monoisotopic (exact) mass is 402 g/mol. The third-order valence-electron chi connectivity index (χ3n) is 4.76. The molecule has 0 saturated carbocycles. The fourth-order valence-electron chi connectivity index (χ4n) is 3.10. The molecule has 0 atom stereocenters. The van der Waals surface area contributed by atoms with Gasteiger partial charge in [-0.05, 0) is 12.1 Å². The first-order valence-corrected chi connectivity index (χ1v) is 9.64. The van der Waals surface area contributed by atoms with Gasteiger partial charge in [0.25, 0.3) is 5.91 Å². The first-order valence-electron chi connectivity index (χ1n) is 9.64. The van der Waals surface area contributed by atoms with Crippen LogP contribution in [0.1, 0.15) is 16.9 Å². The van der Waals surface area contributed by atoms with Crippen molar-refractivity contribution < 1.29 is 23.6 Å². The number of carbonyl (C=O) groups excluding carboxylic acids is 2. The second kappa shape index (κ2) is 10.6. The maximum atomic E-state index is 13.7. The molecule has 1 aliphatic heterocycles. The van der Waals surface area contributed by atoms with Crippen LogP contribution in [0.3, 0.4) is 0 Å². The van der Waals surface area contributed by atoms with E-state index in [-0.39, 0.29) is 36.2 Å². The Kier molecular flexibility index (Phi) is 7.60. The lowest BCUT2D eigenvalue weighted by Gasteiger charge is -2.27. The van der Waals surface area contributed by atoms with Gasteiger partial charge in [0.15, 0.2) is 0 Å². The van der Waals surface area contributed by atoms with Gasteiger partial charge in [-0.25, -0.2) is 9.37 Å². The Labute approximate surface area is 168 Å². The highest BCUT2D eigenvalue weighted by Gasteiger charge is 2.22. The highest BCUT2D eigenvalue weighted by molar-refractivity contribution is 5.93.